The maximum atomic E-state index is 12.6. The maximum Gasteiger partial charge on any atom is 0.416 e. The van der Waals surface area contributed by atoms with Crippen LogP contribution >= 0.6 is 0 Å². The summed E-state index contributed by atoms with van der Waals surface area (Å²) >= 11 is 0. The molecule has 1 heterocycles. The Morgan fingerprint density at radius 1 is 1.04 bits per heavy atom. The number of benzene rings is 2. The lowest BCUT2D eigenvalue weighted by Gasteiger charge is -2.10. The van der Waals surface area contributed by atoms with Gasteiger partial charge >= 0.3 is 6.18 Å². The lowest BCUT2D eigenvalue weighted by molar-refractivity contribution is -0.137. The smallest absolute Gasteiger partial charge is 0.339 e. The van der Waals surface area contributed by atoms with Crippen molar-refractivity contribution in [1.29, 1.82) is 5.26 Å². The molecule has 2 aromatic carbocycles. The topological polar surface area (TPSA) is 90.7 Å². The average Bonchev–Trinajstić information content (AvgIpc) is 2.68. The summed E-state index contributed by atoms with van der Waals surface area (Å²) in [7, 11) is 0. The Kier molecular flexibility index (Phi) is 5.22. The second-order valence-electron chi connectivity index (χ2n) is 5.60. The first kappa shape index (κ1) is 18.8. The minimum Gasteiger partial charge on any atom is -0.339 e. The molecule has 3 aromatic rings. The van der Waals surface area contributed by atoms with Gasteiger partial charge in [0.2, 0.25) is 0 Å². The van der Waals surface area contributed by atoms with E-state index in [1.807, 2.05) is 6.07 Å². The molecule has 2 N–H and O–H groups in total. The van der Waals surface area contributed by atoms with Crippen molar-refractivity contribution in [2.45, 2.75) is 6.18 Å². The Hall–Kier alpha value is -3.93. The second kappa shape index (κ2) is 7.75. The monoisotopic (exact) mass is 383 g/mol. The van der Waals surface area contributed by atoms with Crippen LogP contribution in [0, 0.1) is 11.3 Å². The fraction of sp³-hybridized carbons (Fsp3) is 0.0526. The number of nitrogens with zero attached hydrogens (tertiary/aromatic N) is 3. The molecule has 0 saturated heterocycles. The van der Waals surface area contributed by atoms with Gasteiger partial charge in [0.25, 0.3) is 5.91 Å². The van der Waals surface area contributed by atoms with Gasteiger partial charge in [-0.3, -0.25) is 4.79 Å². The third-order valence-corrected chi connectivity index (χ3v) is 3.68. The first-order chi connectivity index (χ1) is 13.4. The average molecular weight is 383 g/mol. The number of hydrogen-bond acceptors (Lipinski definition) is 5. The van der Waals surface area contributed by atoms with E-state index in [0.717, 1.165) is 24.3 Å². The molecule has 0 spiro atoms. The lowest BCUT2D eigenvalue weighted by Crippen LogP contribution is -2.14. The van der Waals surface area contributed by atoms with E-state index >= 15 is 0 Å². The fourth-order valence-corrected chi connectivity index (χ4v) is 2.32. The number of halogens is 3. The van der Waals surface area contributed by atoms with Crippen LogP contribution in [0.5, 0.6) is 0 Å². The van der Waals surface area contributed by atoms with E-state index in [2.05, 4.69) is 20.6 Å². The zero-order valence-electron chi connectivity index (χ0n) is 14.2. The summed E-state index contributed by atoms with van der Waals surface area (Å²) in [5, 5.41) is 14.5. The molecular formula is C19H12F3N5O. The van der Waals surface area contributed by atoms with Crippen LogP contribution < -0.4 is 10.6 Å². The van der Waals surface area contributed by atoms with Crippen molar-refractivity contribution in [3.63, 3.8) is 0 Å². The Bertz CT molecular complexity index is 1040. The highest BCUT2D eigenvalue weighted by Gasteiger charge is 2.30. The van der Waals surface area contributed by atoms with Crippen molar-refractivity contribution >= 4 is 23.1 Å². The van der Waals surface area contributed by atoms with E-state index in [9.17, 15) is 18.0 Å². The molecule has 0 aliphatic rings. The van der Waals surface area contributed by atoms with Gasteiger partial charge in [-0.1, -0.05) is 12.1 Å². The summed E-state index contributed by atoms with van der Waals surface area (Å²) < 4.78 is 37.8. The molecular weight excluding hydrogens is 371 g/mol. The van der Waals surface area contributed by atoms with Gasteiger partial charge in [0.15, 0.2) is 0 Å². The molecule has 0 radical (unpaired) electrons. The SMILES string of the molecule is N#Cc1ccccc1Nc1cc(C(=O)Nc2ccc(C(F)(F)F)cc2)ncn1. The summed E-state index contributed by atoms with van der Waals surface area (Å²) in [6.45, 7) is 0. The fourth-order valence-electron chi connectivity index (χ4n) is 2.32. The predicted octanol–water partition coefficient (Wildman–Crippen LogP) is 4.36. The number of alkyl halides is 3. The van der Waals surface area contributed by atoms with Crippen molar-refractivity contribution in [1.82, 2.24) is 9.97 Å². The molecule has 0 unspecified atom stereocenters. The normalized spacial score (nSPS) is 10.8. The molecule has 1 amide bonds. The second-order valence-corrected chi connectivity index (χ2v) is 5.60. The van der Waals surface area contributed by atoms with Crippen molar-refractivity contribution < 1.29 is 18.0 Å². The van der Waals surface area contributed by atoms with Crippen LogP contribution in [0.25, 0.3) is 0 Å². The van der Waals surface area contributed by atoms with Crippen LogP contribution in [0.4, 0.5) is 30.4 Å². The minimum absolute atomic E-state index is 0.00633. The summed E-state index contributed by atoms with van der Waals surface area (Å²) in [6.07, 6.45) is -3.28. The van der Waals surface area contributed by atoms with Crippen molar-refractivity contribution in [3.05, 3.63) is 77.7 Å². The van der Waals surface area contributed by atoms with E-state index in [0.29, 0.717) is 11.3 Å². The van der Waals surface area contributed by atoms with Gasteiger partial charge in [0.1, 0.15) is 23.9 Å². The molecule has 0 fully saturated rings. The van der Waals surface area contributed by atoms with Crippen LogP contribution in [-0.4, -0.2) is 15.9 Å². The number of nitrogens with one attached hydrogen (secondary N) is 2. The number of nitriles is 1. The summed E-state index contributed by atoms with van der Waals surface area (Å²) in [6, 6.07) is 14.2. The standard InChI is InChI=1S/C19H12F3N5O/c20-19(21,22)13-5-7-14(8-6-13)26-18(28)16-9-17(25-11-24-16)27-15-4-2-1-3-12(15)10-23/h1-9,11H,(H,26,28)(H,24,25,27). The molecule has 3 rings (SSSR count). The van der Waals surface area contributed by atoms with Crippen LogP contribution in [-0.2, 0) is 6.18 Å². The Morgan fingerprint density at radius 2 is 1.75 bits per heavy atom. The van der Waals surface area contributed by atoms with E-state index in [4.69, 9.17) is 5.26 Å². The number of para-hydroxylation sites is 1. The maximum absolute atomic E-state index is 12.6. The number of carbonyl (C=O) groups excluding carboxylic acids is 1. The van der Waals surface area contributed by atoms with Gasteiger partial charge in [0.05, 0.1) is 16.8 Å². The summed E-state index contributed by atoms with van der Waals surface area (Å²) in [5.41, 5.74) is 0.303. The molecule has 28 heavy (non-hydrogen) atoms. The molecule has 140 valence electrons. The van der Waals surface area contributed by atoms with Gasteiger partial charge in [-0.15, -0.1) is 0 Å². The van der Waals surface area contributed by atoms with Gasteiger partial charge in [-0.05, 0) is 36.4 Å². The highest BCUT2D eigenvalue weighted by Crippen LogP contribution is 2.29. The molecule has 0 saturated carbocycles. The van der Waals surface area contributed by atoms with Crippen LogP contribution in [0.1, 0.15) is 21.6 Å². The molecule has 0 bridgehead atoms. The van der Waals surface area contributed by atoms with E-state index in [-0.39, 0.29) is 17.2 Å². The Balaban J connectivity index is 1.74. The van der Waals surface area contributed by atoms with Gasteiger partial charge in [0, 0.05) is 11.8 Å². The number of hydrogen-bond donors (Lipinski definition) is 2. The number of anilines is 3. The number of amides is 1. The number of carbonyl (C=O) groups is 1. The van der Waals surface area contributed by atoms with Gasteiger partial charge < -0.3 is 10.6 Å². The van der Waals surface area contributed by atoms with Gasteiger partial charge in [-0.25, -0.2) is 9.97 Å². The first-order valence-corrected chi connectivity index (χ1v) is 7.93. The number of aromatic nitrogens is 2. The molecule has 6 nitrogen and oxygen atoms in total. The third-order valence-electron chi connectivity index (χ3n) is 3.68. The van der Waals surface area contributed by atoms with Crippen LogP contribution in [0.2, 0.25) is 0 Å². The van der Waals surface area contributed by atoms with Crippen molar-refractivity contribution in [3.8, 4) is 6.07 Å². The highest BCUT2D eigenvalue weighted by atomic mass is 19.4. The van der Waals surface area contributed by atoms with E-state index in [1.54, 1.807) is 24.3 Å². The lowest BCUT2D eigenvalue weighted by atomic mass is 10.2. The zero-order valence-corrected chi connectivity index (χ0v) is 14.2. The molecule has 9 heteroatoms. The van der Waals surface area contributed by atoms with Crippen molar-refractivity contribution in [2.24, 2.45) is 0 Å². The number of rotatable bonds is 4. The van der Waals surface area contributed by atoms with Crippen molar-refractivity contribution in [2.75, 3.05) is 10.6 Å². The van der Waals surface area contributed by atoms with Crippen LogP contribution in [0.15, 0.2) is 60.9 Å². The van der Waals surface area contributed by atoms with Crippen LogP contribution in [0.3, 0.4) is 0 Å². The first-order valence-electron chi connectivity index (χ1n) is 7.93. The Labute approximate surface area is 157 Å². The summed E-state index contributed by atoms with van der Waals surface area (Å²) in [5.74, 6) is -0.325. The quantitative estimate of drug-likeness (QED) is 0.698. The van der Waals surface area contributed by atoms with Gasteiger partial charge in [-0.2, -0.15) is 18.4 Å². The third kappa shape index (κ3) is 4.42. The van der Waals surface area contributed by atoms with E-state index < -0.39 is 17.6 Å². The molecule has 0 aliphatic carbocycles. The highest BCUT2D eigenvalue weighted by molar-refractivity contribution is 6.03. The largest absolute Gasteiger partial charge is 0.416 e. The molecule has 0 aliphatic heterocycles. The molecule has 1 aromatic heterocycles. The zero-order chi connectivity index (χ0) is 20.1. The minimum atomic E-state index is -4.45. The predicted molar refractivity (Wildman–Crippen MR) is 95.9 cm³/mol. The summed E-state index contributed by atoms with van der Waals surface area (Å²) in [4.78, 5) is 20.2. The molecule has 0 atom stereocenters. The Morgan fingerprint density at radius 3 is 2.43 bits per heavy atom. The van der Waals surface area contributed by atoms with E-state index in [1.165, 1.54) is 12.4 Å².